The van der Waals surface area contributed by atoms with Crippen LogP contribution in [0, 0.1) is 5.92 Å². The van der Waals surface area contributed by atoms with Crippen molar-refractivity contribution in [2.24, 2.45) is 5.92 Å². The van der Waals surface area contributed by atoms with Gasteiger partial charge in [0.15, 0.2) is 0 Å². The number of hydrogen-bond acceptors (Lipinski definition) is 3. The number of benzene rings is 1. The van der Waals surface area contributed by atoms with Crippen LogP contribution in [-0.4, -0.2) is 42.9 Å². The van der Waals surface area contributed by atoms with Gasteiger partial charge in [0.25, 0.3) is 5.91 Å². The van der Waals surface area contributed by atoms with Crippen LogP contribution in [0.2, 0.25) is 0 Å². The monoisotopic (exact) mass is 317 g/mol. The molecule has 5 nitrogen and oxygen atoms in total. The summed E-state index contributed by atoms with van der Waals surface area (Å²) < 4.78 is 0. The van der Waals surface area contributed by atoms with Crippen molar-refractivity contribution < 1.29 is 9.59 Å². The van der Waals surface area contributed by atoms with E-state index in [-0.39, 0.29) is 18.4 Å². The fourth-order valence-electron chi connectivity index (χ4n) is 2.67. The molecule has 126 valence electrons. The third kappa shape index (κ3) is 5.27. The molecular formula is C18H27N3O2. The highest BCUT2D eigenvalue weighted by Gasteiger charge is 2.21. The first-order valence-corrected chi connectivity index (χ1v) is 8.50. The molecule has 1 aliphatic heterocycles. The Bertz CT molecular complexity index is 537. The van der Waals surface area contributed by atoms with Gasteiger partial charge in [0, 0.05) is 30.9 Å². The van der Waals surface area contributed by atoms with Crippen molar-refractivity contribution in [3.63, 3.8) is 0 Å². The standard InChI is InChI=1S/C18H27N3O2/c1-3-9-19-17(22)13-20-16-6-4-5-15(12-16)18(23)21-10-7-14(2)8-11-21/h4-6,12,14,20H,3,7-11,13H2,1-2H3,(H,19,22). The molecule has 0 spiro atoms. The zero-order valence-corrected chi connectivity index (χ0v) is 14.1. The van der Waals surface area contributed by atoms with Crippen molar-refractivity contribution >= 4 is 17.5 Å². The molecule has 0 saturated carbocycles. The summed E-state index contributed by atoms with van der Waals surface area (Å²) in [6.07, 6.45) is 3.06. The molecule has 2 rings (SSSR count). The summed E-state index contributed by atoms with van der Waals surface area (Å²) in [5, 5.41) is 5.89. The van der Waals surface area contributed by atoms with Gasteiger partial charge in [-0.25, -0.2) is 0 Å². The topological polar surface area (TPSA) is 61.4 Å². The molecule has 1 fully saturated rings. The highest BCUT2D eigenvalue weighted by molar-refractivity contribution is 5.95. The first-order chi connectivity index (χ1) is 11.1. The van der Waals surface area contributed by atoms with Crippen molar-refractivity contribution in [3.8, 4) is 0 Å². The maximum atomic E-state index is 12.6. The quantitative estimate of drug-likeness (QED) is 0.847. The van der Waals surface area contributed by atoms with Gasteiger partial charge in [0.05, 0.1) is 6.54 Å². The molecule has 0 unspecified atom stereocenters. The van der Waals surface area contributed by atoms with E-state index in [0.717, 1.165) is 38.0 Å². The fraction of sp³-hybridized carbons (Fsp3) is 0.556. The first kappa shape index (κ1) is 17.3. The lowest BCUT2D eigenvalue weighted by Crippen LogP contribution is -2.37. The number of carbonyl (C=O) groups is 2. The van der Waals surface area contributed by atoms with E-state index in [1.165, 1.54) is 0 Å². The van der Waals surface area contributed by atoms with Crippen LogP contribution in [0.5, 0.6) is 0 Å². The highest BCUT2D eigenvalue weighted by Crippen LogP contribution is 2.19. The van der Waals surface area contributed by atoms with E-state index in [4.69, 9.17) is 0 Å². The van der Waals surface area contributed by atoms with Crippen LogP contribution in [0.25, 0.3) is 0 Å². The minimum atomic E-state index is -0.0337. The Kier molecular flexibility index (Phi) is 6.44. The maximum absolute atomic E-state index is 12.6. The summed E-state index contributed by atoms with van der Waals surface area (Å²) in [5.41, 5.74) is 1.48. The van der Waals surface area contributed by atoms with Crippen LogP contribution in [0.15, 0.2) is 24.3 Å². The van der Waals surface area contributed by atoms with E-state index in [2.05, 4.69) is 17.6 Å². The Labute approximate surface area is 138 Å². The number of rotatable bonds is 6. The zero-order valence-electron chi connectivity index (χ0n) is 14.1. The fourth-order valence-corrected chi connectivity index (χ4v) is 2.67. The number of nitrogens with zero attached hydrogens (tertiary/aromatic N) is 1. The van der Waals surface area contributed by atoms with E-state index < -0.39 is 0 Å². The van der Waals surface area contributed by atoms with Crippen LogP contribution in [0.1, 0.15) is 43.5 Å². The van der Waals surface area contributed by atoms with Gasteiger partial charge in [0.2, 0.25) is 5.91 Å². The number of amides is 2. The minimum absolute atomic E-state index is 0.0337. The SMILES string of the molecule is CCCNC(=O)CNc1cccc(C(=O)N2CCC(C)CC2)c1. The van der Waals surface area contributed by atoms with Crippen molar-refractivity contribution in [2.45, 2.75) is 33.1 Å². The first-order valence-electron chi connectivity index (χ1n) is 8.50. The average molecular weight is 317 g/mol. The molecule has 1 saturated heterocycles. The molecule has 0 aromatic heterocycles. The van der Waals surface area contributed by atoms with E-state index in [1.807, 2.05) is 36.1 Å². The van der Waals surface area contributed by atoms with E-state index >= 15 is 0 Å². The molecule has 0 atom stereocenters. The summed E-state index contributed by atoms with van der Waals surface area (Å²) in [7, 11) is 0. The zero-order chi connectivity index (χ0) is 16.7. The van der Waals surface area contributed by atoms with Crippen LogP contribution in [0.4, 0.5) is 5.69 Å². The molecule has 0 aliphatic carbocycles. The Morgan fingerprint density at radius 2 is 2.00 bits per heavy atom. The third-order valence-electron chi connectivity index (χ3n) is 4.21. The molecule has 0 bridgehead atoms. The van der Waals surface area contributed by atoms with Crippen LogP contribution >= 0.6 is 0 Å². The number of carbonyl (C=O) groups excluding carboxylic acids is 2. The highest BCUT2D eigenvalue weighted by atomic mass is 16.2. The Morgan fingerprint density at radius 1 is 1.26 bits per heavy atom. The van der Waals surface area contributed by atoms with Gasteiger partial charge in [0.1, 0.15) is 0 Å². The van der Waals surface area contributed by atoms with Crippen molar-refractivity contribution in [3.05, 3.63) is 29.8 Å². The van der Waals surface area contributed by atoms with Gasteiger partial charge in [-0.3, -0.25) is 9.59 Å². The second-order valence-corrected chi connectivity index (χ2v) is 6.26. The smallest absolute Gasteiger partial charge is 0.253 e. The molecule has 0 radical (unpaired) electrons. The summed E-state index contributed by atoms with van der Waals surface area (Å²) >= 11 is 0. The Hall–Kier alpha value is -2.04. The number of anilines is 1. The lowest BCUT2D eigenvalue weighted by atomic mass is 9.98. The number of piperidine rings is 1. The molecule has 5 heteroatoms. The molecule has 2 amide bonds. The van der Waals surface area contributed by atoms with Crippen LogP contribution < -0.4 is 10.6 Å². The predicted octanol–water partition coefficient (Wildman–Crippen LogP) is 2.50. The largest absolute Gasteiger partial charge is 0.376 e. The van der Waals surface area contributed by atoms with E-state index in [1.54, 1.807) is 0 Å². The Balaban J connectivity index is 1.91. The number of nitrogens with one attached hydrogen (secondary N) is 2. The van der Waals surface area contributed by atoms with Crippen molar-refractivity contribution in [1.29, 1.82) is 0 Å². The minimum Gasteiger partial charge on any atom is -0.376 e. The van der Waals surface area contributed by atoms with Gasteiger partial charge in [-0.15, -0.1) is 0 Å². The van der Waals surface area contributed by atoms with Gasteiger partial charge >= 0.3 is 0 Å². The predicted molar refractivity (Wildman–Crippen MR) is 92.5 cm³/mol. The molecule has 1 aliphatic rings. The number of likely N-dealkylation sites (tertiary alicyclic amines) is 1. The average Bonchev–Trinajstić information content (AvgIpc) is 2.58. The molecule has 1 aromatic rings. The van der Waals surface area contributed by atoms with Gasteiger partial charge in [-0.1, -0.05) is 19.9 Å². The van der Waals surface area contributed by atoms with Gasteiger partial charge in [-0.05, 0) is 43.4 Å². The maximum Gasteiger partial charge on any atom is 0.253 e. The number of hydrogen-bond donors (Lipinski definition) is 2. The summed E-state index contributed by atoms with van der Waals surface area (Å²) in [5.74, 6) is 0.748. The molecule has 1 aromatic carbocycles. The summed E-state index contributed by atoms with van der Waals surface area (Å²) in [4.78, 5) is 26.1. The second kappa shape index (κ2) is 8.56. The lowest BCUT2D eigenvalue weighted by molar-refractivity contribution is -0.119. The van der Waals surface area contributed by atoms with Gasteiger partial charge < -0.3 is 15.5 Å². The molecular weight excluding hydrogens is 290 g/mol. The van der Waals surface area contributed by atoms with Crippen molar-refractivity contribution in [2.75, 3.05) is 31.5 Å². The van der Waals surface area contributed by atoms with Crippen molar-refractivity contribution in [1.82, 2.24) is 10.2 Å². The summed E-state index contributed by atoms with van der Waals surface area (Å²) in [6.45, 7) is 6.82. The molecule has 23 heavy (non-hydrogen) atoms. The molecule has 2 N–H and O–H groups in total. The second-order valence-electron chi connectivity index (χ2n) is 6.26. The van der Waals surface area contributed by atoms with Crippen LogP contribution in [-0.2, 0) is 4.79 Å². The van der Waals surface area contributed by atoms with E-state index in [9.17, 15) is 9.59 Å². The molecule has 1 heterocycles. The lowest BCUT2D eigenvalue weighted by Gasteiger charge is -2.30. The Morgan fingerprint density at radius 3 is 2.70 bits per heavy atom. The van der Waals surface area contributed by atoms with Gasteiger partial charge in [-0.2, -0.15) is 0 Å². The van der Waals surface area contributed by atoms with Crippen LogP contribution in [0.3, 0.4) is 0 Å². The summed E-state index contributed by atoms with van der Waals surface area (Å²) in [6, 6.07) is 7.39. The normalized spacial score (nSPS) is 15.3. The van der Waals surface area contributed by atoms with E-state index in [0.29, 0.717) is 18.0 Å². The third-order valence-corrected chi connectivity index (χ3v) is 4.21.